The van der Waals surface area contributed by atoms with Crippen molar-refractivity contribution in [3.05, 3.63) is 47.0 Å². The lowest BCUT2D eigenvalue weighted by Crippen LogP contribution is -2.35. The normalized spacial score (nSPS) is 19.8. The van der Waals surface area contributed by atoms with Gasteiger partial charge in [0, 0.05) is 6.54 Å². The van der Waals surface area contributed by atoms with Crippen LogP contribution >= 0.6 is 0 Å². The second kappa shape index (κ2) is 6.70. The molecule has 2 aromatic rings. The van der Waals surface area contributed by atoms with Crippen LogP contribution in [0.3, 0.4) is 0 Å². The highest BCUT2D eigenvalue weighted by Gasteiger charge is 2.33. The van der Waals surface area contributed by atoms with Crippen LogP contribution in [0.1, 0.15) is 28.8 Å². The number of hydrogen-bond acceptors (Lipinski definition) is 6. The van der Waals surface area contributed by atoms with Crippen molar-refractivity contribution < 1.29 is 24.1 Å². The molecule has 6 nitrogen and oxygen atoms in total. The Bertz CT molecular complexity index is 822. The van der Waals surface area contributed by atoms with E-state index in [-0.39, 0.29) is 12.8 Å². The van der Waals surface area contributed by atoms with E-state index in [1.54, 1.807) is 14.2 Å². The Morgan fingerprint density at radius 3 is 2.58 bits per heavy atom. The highest BCUT2D eigenvalue weighted by Crippen LogP contribution is 2.44. The predicted octanol–water partition coefficient (Wildman–Crippen LogP) is 2.70. The molecule has 2 atom stereocenters. The van der Waals surface area contributed by atoms with Gasteiger partial charge in [0.1, 0.15) is 0 Å². The number of rotatable bonds is 4. The van der Waals surface area contributed by atoms with Crippen LogP contribution in [0.5, 0.6) is 23.0 Å². The number of fused-ring (bicyclic) bond motifs is 2. The van der Waals surface area contributed by atoms with Crippen LogP contribution in [0, 0.1) is 0 Å². The molecule has 0 radical (unpaired) electrons. The van der Waals surface area contributed by atoms with E-state index in [4.69, 9.17) is 18.9 Å². The lowest BCUT2D eigenvalue weighted by molar-refractivity contribution is 0.0557. The van der Waals surface area contributed by atoms with E-state index in [0.717, 1.165) is 24.1 Å². The molecule has 26 heavy (non-hydrogen) atoms. The molecular formula is C20H23NO5. The van der Waals surface area contributed by atoms with Crippen molar-refractivity contribution in [1.82, 2.24) is 4.90 Å². The van der Waals surface area contributed by atoms with Crippen molar-refractivity contribution in [3.8, 4) is 23.0 Å². The topological polar surface area (TPSA) is 60.4 Å². The van der Waals surface area contributed by atoms with E-state index in [2.05, 4.69) is 4.90 Å². The molecule has 2 aliphatic rings. The first-order valence-electron chi connectivity index (χ1n) is 8.65. The molecule has 0 saturated heterocycles. The summed E-state index contributed by atoms with van der Waals surface area (Å²) in [6.07, 6.45) is 0.197. The Kier molecular flexibility index (Phi) is 4.38. The molecule has 1 N–H and O–H groups in total. The van der Waals surface area contributed by atoms with Crippen LogP contribution in [0.4, 0.5) is 0 Å². The summed E-state index contributed by atoms with van der Waals surface area (Å²) in [6.45, 7) is 1.08. The molecule has 0 aliphatic carbocycles. The molecule has 2 aliphatic heterocycles. The van der Waals surface area contributed by atoms with Gasteiger partial charge in [-0.1, -0.05) is 6.07 Å². The summed E-state index contributed by atoms with van der Waals surface area (Å²) in [5.41, 5.74) is 3.03. The third kappa shape index (κ3) is 2.75. The molecule has 0 aromatic heterocycles. The van der Waals surface area contributed by atoms with E-state index in [1.807, 2.05) is 37.4 Å². The predicted molar refractivity (Wildman–Crippen MR) is 96.1 cm³/mol. The fourth-order valence-electron chi connectivity index (χ4n) is 3.79. The Hall–Kier alpha value is -2.44. The minimum atomic E-state index is -0.702. The van der Waals surface area contributed by atoms with Crippen molar-refractivity contribution >= 4 is 0 Å². The molecule has 2 heterocycles. The summed E-state index contributed by atoms with van der Waals surface area (Å²) < 4.78 is 21.7. The van der Waals surface area contributed by atoms with Crippen LogP contribution in [-0.2, 0) is 6.42 Å². The van der Waals surface area contributed by atoms with E-state index in [0.29, 0.717) is 23.0 Å². The van der Waals surface area contributed by atoms with Crippen molar-refractivity contribution in [1.29, 1.82) is 0 Å². The van der Waals surface area contributed by atoms with Gasteiger partial charge < -0.3 is 24.1 Å². The molecule has 0 spiro atoms. The van der Waals surface area contributed by atoms with Gasteiger partial charge in [-0.15, -0.1) is 0 Å². The van der Waals surface area contributed by atoms with E-state index < -0.39 is 6.10 Å². The lowest BCUT2D eigenvalue weighted by atomic mass is 9.86. The van der Waals surface area contributed by atoms with Crippen LogP contribution in [-0.4, -0.2) is 44.6 Å². The van der Waals surface area contributed by atoms with Gasteiger partial charge >= 0.3 is 0 Å². The number of benzene rings is 2. The van der Waals surface area contributed by atoms with Gasteiger partial charge in [-0.3, -0.25) is 4.90 Å². The minimum absolute atomic E-state index is 0.182. The maximum absolute atomic E-state index is 11.2. The second-order valence-electron chi connectivity index (χ2n) is 6.64. The number of methoxy groups -OCH3 is 2. The van der Waals surface area contributed by atoms with Gasteiger partial charge in [-0.2, -0.15) is 0 Å². The van der Waals surface area contributed by atoms with Crippen LogP contribution in [0.2, 0.25) is 0 Å². The maximum atomic E-state index is 11.2. The van der Waals surface area contributed by atoms with E-state index in [1.165, 1.54) is 5.56 Å². The van der Waals surface area contributed by atoms with E-state index >= 15 is 0 Å². The first-order chi connectivity index (χ1) is 12.6. The molecule has 2 aromatic carbocycles. The number of aliphatic hydroxyl groups is 1. The summed E-state index contributed by atoms with van der Waals surface area (Å²) >= 11 is 0. The van der Waals surface area contributed by atoms with Gasteiger partial charge in [0.15, 0.2) is 23.0 Å². The molecule has 0 fully saturated rings. The third-order valence-corrected chi connectivity index (χ3v) is 5.21. The zero-order chi connectivity index (χ0) is 18.3. The van der Waals surface area contributed by atoms with Gasteiger partial charge in [-0.25, -0.2) is 0 Å². The Morgan fingerprint density at radius 1 is 1.08 bits per heavy atom. The Balaban J connectivity index is 1.74. The van der Waals surface area contributed by atoms with Crippen LogP contribution in [0.15, 0.2) is 30.3 Å². The average Bonchev–Trinajstić information content (AvgIpc) is 3.14. The zero-order valence-corrected chi connectivity index (χ0v) is 15.2. The monoisotopic (exact) mass is 357 g/mol. The second-order valence-corrected chi connectivity index (χ2v) is 6.64. The molecule has 138 valence electrons. The number of hydrogen-bond donors (Lipinski definition) is 1. The van der Waals surface area contributed by atoms with Crippen molar-refractivity contribution in [2.45, 2.75) is 18.6 Å². The highest BCUT2D eigenvalue weighted by atomic mass is 16.7. The van der Waals surface area contributed by atoms with Gasteiger partial charge in [-0.05, 0) is 54.4 Å². The summed E-state index contributed by atoms with van der Waals surface area (Å²) in [4.78, 5) is 2.17. The number of likely N-dealkylation sites (N-methyl/N-ethyl adjacent to an activating group) is 1. The smallest absolute Gasteiger partial charge is 0.231 e. The van der Waals surface area contributed by atoms with Gasteiger partial charge in [0.05, 0.1) is 26.4 Å². The zero-order valence-electron chi connectivity index (χ0n) is 15.2. The van der Waals surface area contributed by atoms with Crippen molar-refractivity contribution in [2.75, 3.05) is 34.6 Å². The van der Waals surface area contributed by atoms with Crippen LogP contribution < -0.4 is 18.9 Å². The standard InChI is InChI=1S/C20H23NO5/c1-21-7-6-12-8-16(23-2)17(24-3)10-14(12)19(21)20(22)13-4-5-15-18(9-13)26-11-25-15/h4-5,8-10,19-20,22H,6-7,11H2,1-3H3/t19-,20+/m0/s1. The van der Waals surface area contributed by atoms with E-state index in [9.17, 15) is 5.11 Å². The molecule has 4 rings (SSSR count). The largest absolute Gasteiger partial charge is 0.493 e. The lowest BCUT2D eigenvalue weighted by Gasteiger charge is -2.38. The summed E-state index contributed by atoms with van der Waals surface area (Å²) in [5, 5.41) is 11.2. The summed E-state index contributed by atoms with van der Waals surface area (Å²) in [7, 11) is 5.29. The number of ether oxygens (including phenoxy) is 4. The summed E-state index contributed by atoms with van der Waals surface area (Å²) in [5.74, 6) is 2.77. The van der Waals surface area contributed by atoms with Crippen molar-refractivity contribution in [2.24, 2.45) is 0 Å². The first-order valence-corrected chi connectivity index (χ1v) is 8.65. The highest BCUT2D eigenvalue weighted by molar-refractivity contribution is 5.51. The molecular weight excluding hydrogens is 334 g/mol. The van der Waals surface area contributed by atoms with Gasteiger partial charge in [0.25, 0.3) is 0 Å². The minimum Gasteiger partial charge on any atom is -0.493 e. The fraction of sp³-hybridized carbons (Fsp3) is 0.400. The van der Waals surface area contributed by atoms with Gasteiger partial charge in [0.2, 0.25) is 6.79 Å². The average molecular weight is 357 g/mol. The first kappa shape index (κ1) is 17.0. The van der Waals surface area contributed by atoms with Crippen molar-refractivity contribution in [3.63, 3.8) is 0 Å². The number of aliphatic hydroxyl groups excluding tert-OH is 1. The quantitative estimate of drug-likeness (QED) is 0.908. The Morgan fingerprint density at radius 2 is 1.81 bits per heavy atom. The van der Waals surface area contributed by atoms with Crippen LogP contribution in [0.25, 0.3) is 0 Å². The Labute approximate surface area is 152 Å². The molecule has 0 unspecified atom stereocenters. The third-order valence-electron chi connectivity index (χ3n) is 5.21. The molecule has 0 bridgehead atoms. The number of nitrogens with zero attached hydrogens (tertiary/aromatic N) is 1. The summed E-state index contributed by atoms with van der Waals surface area (Å²) in [6, 6.07) is 9.40. The fourth-order valence-corrected chi connectivity index (χ4v) is 3.79. The SMILES string of the molecule is COc1cc2c(cc1OC)[C@@H]([C@H](O)c1ccc3c(c1)OCO3)N(C)CC2. The molecule has 6 heteroatoms. The molecule has 0 amide bonds. The maximum Gasteiger partial charge on any atom is 0.231 e. The molecule has 0 saturated carbocycles.